The highest BCUT2D eigenvalue weighted by Gasteiger charge is 2.32. The molecule has 13 heteroatoms. The molecular formula is C20H17F6N5O2. The standard InChI is InChI=1S/C20H17F6N5O2/c1-3-30(11(2)10-33-18-16(23)6-12(9-27-18)20(24,25)26)19(32)14-7-13(21)8-15(22)17(14)31-28-4-5-29-31/h4-9,11H,3,10H2,1-2H3/t11-/m0/s1. The van der Waals surface area contributed by atoms with Crippen molar-refractivity contribution in [2.24, 2.45) is 0 Å². The summed E-state index contributed by atoms with van der Waals surface area (Å²) in [5, 5.41) is 7.56. The van der Waals surface area contributed by atoms with Crippen molar-refractivity contribution >= 4 is 5.91 Å². The number of aromatic nitrogens is 4. The van der Waals surface area contributed by atoms with Crippen LogP contribution in [0.3, 0.4) is 0 Å². The van der Waals surface area contributed by atoms with Gasteiger partial charge in [-0.2, -0.15) is 23.4 Å². The zero-order valence-electron chi connectivity index (χ0n) is 17.3. The number of carbonyl (C=O) groups excluding carboxylic acids is 1. The number of carbonyl (C=O) groups is 1. The van der Waals surface area contributed by atoms with Crippen LogP contribution in [0.2, 0.25) is 0 Å². The average Bonchev–Trinajstić information content (AvgIpc) is 3.26. The molecule has 0 radical (unpaired) electrons. The Morgan fingerprint density at radius 1 is 1.12 bits per heavy atom. The first-order valence-corrected chi connectivity index (χ1v) is 9.55. The summed E-state index contributed by atoms with van der Waals surface area (Å²) in [6, 6.07) is 0.874. The van der Waals surface area contributed by atoms with Crippen LogP contribution in [0, 0.1) is 17.5 Å². The van der Waals surface area contributed by atoms with Crippen LogP contribution in [0.1, 0.15) is 29.8 Å². The lowest BCUT2D eigenvalue weighted by Gasteiger charge is -2.28. The van der Waals surface area contributed by atoms with E-state index in [-0.39, 0.29) is 30.5 Å². The average molecular weight is 473 g/mol. The number of halogens is 6. The molecule has 176 valence electrons. The third-order valence-corrected chi connectivity index (χ3v) is 4.61. The highest BCUT2D eigenvalue weighted by Crippen LogP contribution is 2.30. The number of rotatable bonds is 7. The van der Waals surface area contributed by atoms with Crippen LogP contribution >= 0.6 is 0 Å². The molecule has 2 aromatic heterocycles. The number of benzene rings is 1. The van der Waals surface area contributed by atoms with Crippen LogP contribution in [-0.2, 0) is 6.18 Å². The fraction of sp³-hybridized carbons (Fsp3) is 0.300. The summed E-state index contributed by atoms with van der Waals surface area (Å²) in [7, 11) is 0. The van der Waals surface area contributed by atoms with Crippen molar-refractivity contribution in [3.8, 4) is 11.6 Å². The minimum Gasteiger partial charge on any atom is -0.473 e. The van der Waals surface area contributed by atoms with Crippen LogP contribution in [0.25, 0.3) is 5.69 Å². The lowest BCUT2D eigenvalue weighted by atomic mass is 10.1. The molecule has 0 fully saturated rings. The van der Waals surface area contributed by atoms with E-state index in [0.717, 1.165) is 10.9 Å². The Bertz CT molecular complexity index is 1140. The van der Waals surface area contributed by atoms with Gasteiger partial charge >= 0.3 is 6.18 Å². The van der Waals surface area contributed by atoms with E-state index < -0.39 is 47.0 Å². The van der Waals surface area contributed by atoms with E-state index >= 15 is 0 Å². The van der Waals surface area contributed by atoms with E-state index in [0.29, 0.717) is 12.3 Å². The molecule has 0 bridgehead atoms. The maximum Gasteiger partial charge on any atom is 0.417 e. The lowest BCUT2D eigenvalue weighted by Crippen LogP contribution is -2.42. The SMILES string of the molecule is CCN(C(=O)c1cc(F)cc(F)c1-n1nccn1)[C@@H](C)COc1ncc(C(F)(F)F)cc1F. The quantitative estimate of drug-likeness (QED) is 0.485. The lowest BCUT2D eigenvalue weighted by molar-refractivity contribution is -0.138. The van der Waals surface area contributed by atoms with Gasteiger partial charge in [-0.25, -0.2) is 18.2 Å². The normalized spacial score (nSPS) is 12.5. The van der Waals surface area contributed by atoms with E-state index in [2.05, 4.69) is 15.2 Å². The van der Waals surface area contributed by atoms with E-state index in [4.69, 9.17) is 4.74 Å². The van der Waals surface area contributed by atoms with Crippen molar-refractivity contribution in [1.29, 1.82) is 0 Å². The van der Waals surface area contributed by atoms with Crippen molar-refractivity contribution in [3.63, 3.8) is 0 Å². The maximum atomic E-state index is 14.5. The molecule has 33 heavy (non-hydrogen) atoms. The Balaban J connectivity index is 1.82. The largest absolute Gasteiger partial charge is 0.473 e. The molecule has 0 aliphatic rings. The first-order chi connectivity index (χ1) is 15.5. The van der Waals surface area contributed by atoms with Gasteiger partial charge in [0.25, 0.3) is 5.91 Å². The molecule has 3 aromatic rings. The summed E-state index contributed by atoms with van der Waals surface area (Å²) in [5.74, 6) is -4.87. The summed E-state index contributed by atoms with van der Waals surface area (Å²) in [4.78, 5) is 18.5. The molecule has 0 unspecified atom stereocenters. The zero-order valence-corrected chi connectivity index (χ0v) is 17.3. The van der Waals surface area contributed by atoms with Gasteiger partial charge in [-0.15, -0.1) is 4.80 Å². The molecule has 7 nitrogen and oxygen atoms in total. The van der Waals surface area contributed by atoms with E-state index in [9.17, 15) is 31.1 Å². The van der Waals surface area contributed by atoms with Crippen LogP contribution in [0.15, 0.2) is 36.8 Å². The number of hydrogen-bond donors (Lipinski definition) is 0. The molecule has 0 saturated heterocycles. The fourth-order valence-corrected chi connectivity index (χ4v) is 3.05. The van der Waals surface area contributed by atoms with Crippen LogP contribution in [-0.4, -0.2) is 50.0 Å². The molecule has 3 rings (SSSR count). The van der Waals surface area contributed by atoms with Crippen LogP contribution in [0.5, 0.6) is 5.88 Å². The highest BCUT2D eigenvalue weighted by molar-refractivity contribution is 5.98. The highest BCUT2D eigenvalue weighted by atomic mass is 19.4. The number of pyridine rings is 1. The summed E-state index contributed by atoms with van der Waals surface area (Å²) in [5.41, 5.74) is -2.01. The van der Waals surface area contributed by atoms with Gasteiger partial charge in [0, 0.05) is 18.8 Å². The number of amides is 1. The molecule has 0 aliphatic heterocycles. The van der Waals surface area contributed by atoms with Crippen LogP contribution < -0.4 is 4.74 Å². The Kier molecular flexibility index (Phi) is 6.89. The molecule has 0 saturated carbocycles. The molecule has 0 aliphatic carbocycles. The molecule has 0 spiro atoms. The van der Waals surface area contributed by atoms with Crippen molar-refractivity contribution in [2.75, 3.05) is 13.2 Å². The molecule has 1 amide bonds. The Labute approximate surface area is 183 Å². The predicted molar refractivity (Wildman–Crippen MR) is 102 cm³/mol. The first-order valence-electron chi connectivity index (χ1n) is 9.55. The van der Waals surface area contributed by atoms with Crippen molar-refractivity contribution in [2.45, 2.75) is 26.1 Å². The summed E-state index contributed by atoms with van der Waals surface area (Å²) in [6.45, 7) is 2.80. The number of ether oxygens (including phenoxy) is 1. The molecular weight excluding hydrogens is 456 g/mol. The Morgan fingerprint density at radius 2 is 1.79 bits per heavy atom. The molecule has 1 atom stereocenters. The Morgan fingerprint density at radius 3 is 2.36 bits per heavy atom. The van der Waals surface area contributed by atoms with E-state index in [1.165, 1.54) is 24.2 Å². The predicted octanol–water partition coefficient (Wildman–Crippen LogP) is 4.03. The number of hydrogen-bond acceptors (Lipinski definition) is 5. The van der Waals surface area contributed by atoms with Gasteiger partial charge in [-0.3, -0.25) is 4.79 Å². The summed E-state index contributed by atoms with van der Waals surface area (Å²) < 4.78 is 85.4. The monoisotopic (exact) mass is 473 g/mol. The minimum absolute atomic E-state index is 0.0659. The zero-order chi connectivity index (χ0) is 24.3. The van der Waals surface area contributed by atoms with Gasteiger partial charge in [0.1, 0.15) is 18.1 Å². The van der Waals surface area contributed by atoms with Gasteiger partial charge in [-0.05, 0) is 26.0 Å². The smallest absolute Gasteiger partial charge is 0.417 e. The van der Waals surface area contributed by atoms with Gasteiger partial charge in [0.15, 0.2) is 11.6 Å². The second kappa shape index (κ2) is 9.46. The van der Waals surface area contributed by atoms with Gasteiger partial charge < -0.3 is 9.64 Å². The molecule has 1 aromatic carbocycles. The molecule has 2 heterocycles. The van der Waals surface area contributed by atoms with Gasteiger partial charge in [-0.1, -0.05) is 0 Å². The first kappa shape index (κ1) is 24.0. The fourth-order valence-electron chi connectivity index (χ4n) is 3.05. The summed E-state index contributed by atoms with van der Waals surface area (Å²) in [6.07, 6.45) is -1.86. The maximum absolute atomic E-state index is 14.5. The molecule has 0 N–H and O–H groups in total. The number of nitrogens with zero attached hydrogens (tertiary/aromatic N) is 5. The van der Waals surface area contributed by atoms with Gasteiger partial charge in [0.2, 0.25) is 5.88 Å². The summed E-state index contributed by atoms with van der Waals surface area (Å²) >= 11 is 0. The number of likely N-dealkylation sites (N-methyl/N-ethyl adjacent to an activating group) is 1. The minimum atomic E-state index is -4.77. The Hall–Kier alpha value is -3.64. The number of alkyl halides is 3. The third-order valence-electron chi connectivity index (χ3n) is 4.61. The van der Waals surface area contributed by atoms with E-state index in [1.807, 2.05) is 0 Å². The van der Waals surface area contributed by atoms with Crippen molar-refractivity contribution in [3.05, 3.63) is 65.4 Å². The topological polar surface area (TPSA) is 73.1 Å². The van der Waals surface area contributed by atoms with Crippen LogP contribution in [0.4, 0.5) is 26.3 Å². The second-order valence-electron chi connectivity index (χ2n) is 6.86. The van der Waals surface area contributed by atoms with E-state index in [1.54, 1.807) is 6.92 Å². The second-order valence-corrected chi connectivity index (χ2v) is 6.86. The van der Waals surface area contributed by atoms with Crippen molar-refractivity contribution < 1.29 is 35.9 Å². The van der Waals surface area contributed by atoms with Crippen molar-refractivity contribution in [1.82, 2.24) is 24.9 Å². The third kappa shape index (κ3) is 5.23. The van der Waals surface area contributed by atoms with Gasteiger partial charge in [0.05, 0.1) is 29.6 Å².